The first-order valence-corrected chi connectivity index (χ1v) is 4.07. The van der Waals surface area contributed by atoms with Crippen LogP contribution in [0.5, 0.6) is 5.75 Å². The van der Waals surface area contributed by atoms with Gasteiger partial charge in [0, 0.05) is 18.6 Å². The van der Waals surface area contributed by atoms with Crippen molar-refractivity contribution >= 4 is 5.65 Å². The summed E-state index contributed by atoms with van der Waals surface area (Å²) in [6, 6.07) is 3.82. The van der Waals surface area contributed by atoms with Crippen LogP contribution in [0, 0.1) is 0 Å². The highest BCUT2D eigenvalue weighted by Gasteiger charge is 2.00. The van der Waals surface area contributed by atoms with Crippen LogP contribution in [0.1, 0.15) is 0 Å². The molecule has 0 atom stereocenters. The van der Waals surface area contributed by atoms with Gasteiger partial charge in [0.05, 0.1) is 0 Å². The fraction of sp³-hybridized carbons (Fsp3) is 0.100. The Kier molecular flexibility index (Phi) is 2.00. The second-order valence-electron chi connectivity index (χ2n) is 2.63. The van der Waals surface area contributed by atoms with E-state index < -0.39 is 0 Å². The van der Waals surface area contributed by atoms with Crippen LogP contribution in [0.15, 0.2) is 43.4 Å². The summed E-state index contributed by atoms with van der Waals surface area (Å²) < 4.78 is 7.34. The number of nitrogens with zero attached hydrogens (tertiary/aromatic N) is 2. The molecule has 66 valence electrons. The number of hydrogen-bond donors (Lipinski definition) is 0. The van der Waals surface area contributed by atoms with Crippen LogP contribution in [0.3, 0.4) is 0 Å². The molecule has 2 rings (SSSR count). The molecule has 2 heterocycles. The van der Waals surface area contributed by atoms with Crippen LogP contribution in [0.2, 0.25) is 0 Å². The molecule has 0 unspecified atom stereocenters. The van der Waals surface area contributed by atoms with Crippen molar-refractivity contribution < 1.29 is 4.74 Å². The van der Waals surface area contributed by atoms with Crippen LogP contribution >= 0.6 is 0 Å². The predicted octanol–water partition coefficient (Wildman–Crippen LogP) is 1.90. The maximum absolute atomic E-state index is 5.43. The first-order chi connectivity index (χ1) is 6.42. The van der Waals surface area contributed by atoms with Gasteiger partial charge in [-0.25, -0.2) is 4.98 Å². The molecule has 2 aromatic rings. The summed E-state index contributed by atoms with van der Waals surface area (Å²) in [5.74, 6) is 0.785. The van der Waals surface area contributed by atoms with E-state index in [9.17, 15) is 0 Å². The second-order valence-corrected chi connectivity index (χ2v) is 2.63. The molecule has 0 amide bonds. The Hall–Kier alpha value is -1.77. The maximum Gasteiger partial charge on any atom is 0.179 e. The van der Waals surface area contributed by atoms with E-state index in [4.69, 9.17) is 4.74 Å². The molecule has 0 saturated carbocycles. The largest absolute Gasteiger partial charge is 0.486 e. The molecular formula is C10H10N2O. The van der Waals surface area contributed by atoms with Crippen molar-refractivity contribution in [3.8, 4) is 5.75 Å². The molecule has 0 aliphatic carbocycles. The van der Waals surface area contributed by atoms with Crippen molar-refractivity contribution in [2.24, 2.45) is 0 Å². The predicted molar refractivity (Wildman–Crippen MR) is 50.9 cm³/mol. The third-order valence-electron chi connectivity index (χ3n) is 1.74. The summed E-state index contributed by atoms with van der Waals surface area (Å²) in [6.45, 7) is 4.10. The van der Waals surface area contributed by atoms with Gasteiger partial charge in [-0.1, -0.05) is 12.7 Å². The Labute approximate surface area is 76.3 Å². The van der Waals surface area contributed by atoms with Crippen molar-refractivity contribution in [3.63, 3.8) is 0 Å². The van der Waals surface area contributed by atoms with Crippen molar-refractivity contribution in [3.05, 3.63) is 43.4 Å². The Bertz CT molecular complexity index is 420. The van der Waals surface area contributed by atoms with E-state index in [2.05, 4.69) is 11.6 Å². The summed E-state index contributed by atoms with van der Waals surface area (Å²) in [5, 5.41) is 0. The molecule has 3 nitrogen and oxygen atoms in total. The van der Waals surface area contributed by atoms with Gasteiger partial charge in [-0.05, 0) is 12.1 Å². The normalized spacial score (nSPS) is 10.2. The second kappa shape index (κ2) is 3.31. The minimum atomic E-state index is 0.506. The summed E-state index contributed by atoms with van der Waals surface area (Å²) in [7, 11) is 0. The summed E-state index contributed by atoms with van der Waals surface area (Å²) in [4.78, 5) is 4.18. The zero-order chi connectivity index (χ0) is 9.10. The molecule has 0 bridgehead atoms. The lowest BCUT2D eigenvalue weighted by Crippen LogP contribution is -1.95. The van der Waals surface area contributed by atoms with Crippen LogP contribution in [0.25, 0.3) is 5.65 Å². The van der Waals surface area contributed by atoms with E-state index in [0.717, 1.165) is 11.4 Å². The lowest BCUT2D eigenvalue weighted by molar-refractivity contribution is 0.365. The molecule has 2 aromatic heterocycles. The van der Waals surface area contributed by atoms with E-state index in [1.54, 1.807) is 12.3 Å². The van der Waals surface area contributed by atoms with E-state index >= 15 is 0 Å². The molecule has 0 radical (unpaired) electrons. The molecule has 0 N–H and O–H groups in total. The number of fused-ring (bicyclic) bond motifs is 1. The fourth-order valence-corrected chi connectivity index (χ4v) is 1.18. The standard InChI is InChI=1S/C10H10N2O/c1-2-8-13-9-4-3-6-12-7-5-11-10(9)12/h2-7H,1,8H2. The number of aromatic nitrogens is 2. The Balaban J connectivity index is 2.42. The number of imidazole rings is 1. The van der Waals surface area contributed by atoms with E-state index in [1.165, 1.54) is 0 Å². The topological polar surface area (TPSA) is 26.5 Å². The molecule has 3 heteroatoms. The zero-order valence-corrected chi connectivity index (χ0v) is 7.18. The Morgan fingerprint density at radius 3 is 3.31 bits per heavy atom. The minimum Gasteiger partial charge on any atom is -0.486 e. The molecule has 0 spiro atoms. The van der Waals surface area contributed by atoms with Crippen LogP contribution in [-0.2, 0) is 0 Å². The first kappa shape index (κ1) is 7.86. The fourth-order valence-electron chi connectivity index (χ4n) is 1.18. The van der Waals surface area contributed by atoms with Crippen molar-refractivity contribution in [1.82, 2.24) is 9.38 Å². The zero-order valence-electron chi connectivity index (χ0n) is 7.18. The average molecular weight is 174 g/mol. The van der Waals surface area contributed by atoms with Crippen LogP contribution in [-0.4, -0.2) is 16.0 Å². The summed E-state index contributed by atoms with van der Waals surface area (Å²) >= 11 is 0. The third-order valence-corrected chi connectivity index (χ3v) is 1.74. The van der Waals surface area contributed by atoms with Gasteiger partial charge in [-0.3, -0.25) is 0 Å². The highest BCUT2D eigenvalue weighted by atomic mass is 16.5. The lowest BCUT2D eigenvalue weighted by Gasteiger charge is -2.03. The molecule has 0 aliphatic heterocycles. The average Bonchev–Trinajstić information content (AvgIpc) is 2.62. The van der Waals surface area contributed by atoms with Gasteiger partial charge < -0.3 is 9.14 Å². The number of ether oxygens (including phenoxy) is 1. The number of pyridine rings is 1. The van der Waals surface area contributed by atoms with Gasteiger partial charge in [0.15, 0.2) is 11.4 Å². The third kappa shape index (κ3) is 1.40. The summed E-state index contributed by atoms with van der Waals surface area (Å²) in [5.41, 5.74) is 0.837. The minimum absolute atomic E-state index is 0.506. The molecule has 0 aliphatic rings. The van der Waals surface area contributed by atoms with Crippen molar-refractivity contribution in [2.75, 3.05) is 6.61 Å². The van der Waals surface area contributed by atoms with Crippen molar-refractivity contribution in [1.29, 1.82) is 0 Å². The maximum atomic E-state index is 5.43. The Morgan fingerprint density at radius 2 is 2.46 bits per heavy atom. The highest BCUT2D eigenvalue weighted by molar-refractivity contribution is 5.53. The highest BCUT2D eigenvalue weighted by Crippen LogP contribution is 2.16. The molecule has 13 heavy (non-hydrogen) atoms. The van der Waals surface area contributed by atoms with Crippen LogP contribution in [0.4, 0.5) is 0 Å². The van der Waals surface area contributed by atoms with Gasteiger partial charge >= 0.3 is 0 Å². The van der Waals surface area contributed by atoms with Gasteiger partial charge in [-0.2, -0.15) is 0 Å². The quantitative estimate of drug-likeness (QED) is 0.664. The monoisotopic (exact) mass is 174 g/mol. The molecule has 0 saturated heterocycles. The number of hydrogen-bond acceptors (Lipinski definition) is 2. The van der Waals surface area contributed by atoms with Gasteiger partial charge in [-0.15, -0.1) is 0 Å². The molecular weight excluding hydrogens is 164 g/mol. The van der Waals surface area contributed by atoms with Gasteiger partial charge in [0.1, 0.15) is 6.61 Å². The number of rotatable bonds is 3. The lowest BCUT2D eigenvalue weighted by atomic mass is 10.4. The Morgan fingerprint density at radius 1 is 1.54 bits per heavy atom. The SMILES string of the molecule is C=CCOc1cccn2ccnc12. The smallest absolute Gasteiger partial charge is 0.179 e. The van der Waals surface area contributed by atoms with Crippen LogP contribution < -0.4 is 4.74 Å². The van der Waals surface area contributed by atoms with E-state index in [1.807, 2.05) is 28.9 Å². The first-order valence-electron chi connectivity index (χ1n) is 4.07. The molecule has 0 aromatic carbocycles. The van der Waals surface area contributed by atoms with Gasteiger partial charge in [0.25, 0.3) is 0 Å². The van der Waals surface area contributed by atoms with Crippen molar-refractivity contribution in [2.45, 2.75) is 0 Å². The molecule has 0 fully saturated rings. The van der Waals surface area contributed by atoms with E-state index in [-0.39, 0.29) is 0 Å². The van der Waals surface area contributed by atoms with Gasteiger partial charge in [0.2, 0.25) is 0 Å². The summed E-state index contributed by atoms with van der Waals surface area (Å²) in [6.07, 6.45) is 7.28. The van der Waals surface area contributed by atoms with E-state index in [0.29, 0.717) is 6.61 Å².